The van der Waals surface area contributed by atoms with Gasteiger partial charge in [0.25, 0.3) is 0 Å². The average molecular weight is 328 g/mol. The van der Waals surface area contributed by atoms with Gasteiger partial charge in [0, 0.05) is 23.6 Å². The Hall–Kier alpha value is -2.60. The molecule has 0 radical (unpaired) electrons. The lowest BCUT2D eigenvalue weighted by molar-refractivity contribution is -0.116. The number of carbonyl (C=O) groups excluding carboxylic acids is 1. The smallest absolute Gasteiger partial charge is 0.227 e. The molecule has 3 aromatic rings. The van der Waals surface area contributed by atoms with E-state index in [9.17, 15) is 4.79 Å². The number of para-hydroxylation sites is 1. The first-order chi connectivity index (χ1) is 11.3. The van der Waals surface area contributed by atoms with Crippen LogP contribution in [0, 0.1) is 0 Å². The molecule has 0 unspecified atom stereocenters. The number of rotatable bonds is 6. The molecule has 0 fully saturated rings. The van der Waals surface area contributed by atoms with Crippen molar-refractivity contribution in [2.75, 3.05) is 12.4 Å². The number of anilines is 1. The molecule has 5 nitrogen and oxygen atoms in total. The van der Waals surface area contributed by atoms with Crippen LogP contribution in [0.4, 0.5) is 5.13 Å². The van der Waals surface area contributed by atoms with E-state index < -0.39 is 0 Å². The van der Waals surface area contributed by atoms with Crippen molar-refractivity contribution in [3.8, 4) is 5.75 Å². The summed E-state index contributed by atoms with van der Waals surface area (Å²) in [5, 5.41) is 5.22. The Balaban J connectivity index is 1.86. The first-order valence-corrected chi connectivity index (χ1v) is 8.01. The number of aromatic nitrogens is 1. The maximum Gasteiger partial charge on any atom is 0.227 e. The predicted molar refractivity (Wildman–Crippen MR) is 88.9 cm³/mol. The van der Waals surface area contributed by atoms with Crippen molar-refractivity contribution in [2.45, 2.75) is 12.3 Å². The zero-order valence-electron chi connectivity index (χ0n) is 12.6. The number of thiazole rings is 1. The molecule has 0 saturated carbocycles. The van der Waals surface area contributed by atoms with Gasteiger partial charge in [-0.1, -0.05) is 18.2 Å². The van der Waals surface area contributed by atoms with Crippen LogP contribution in [-0.2, 0) is 4.79 Å². The van der Waals surface area contributed by atoms with E-state index in [1.807, 2.05) is 41.8 Å². The van der Waals surface area contributed by atoms with Gasteiger partial charge >= 0.3 is 0 Å². The van der Waals surface area contributed by atoms with E-state index in [4.69, 9.17) is 9.15 Å². The van der Waals surface area contributed by atoms with E-state index in [1.54, 1.807) is 19.6 Å². The first kappa shape index (κ1) is 15.3. The second-order valence-electron chi connectivity index (χ2n) is 4.90. The van der Waals surface area contributed by atoms with Crippen molar-refractivity contribution in [3.63, 3.8) is 0 Å². The van der Waals surface area contributed by atoms with Crippen LogP contribution in [0.1, 0.15) is 23.7 Å². The van der Waals surface area contributed by atoms with Crippen LogP contribution in [0.5, 0.6) is 5.75 Å². The molecule has 23 heavy (non-hydrogen) atoms. The van der Waals surface area contributed by atoms with Gasteiger partial charge in [-0.15, -0.1) is 11.3 Å². The van der Waals surface area contributed by atoms with Gasteiger partial charge in [0.15, 0.2) is 5.13 Å². The first-order valence-electron chi connectivity index (χ1n) is 7.13. The van der Waals surface area contributed by atoms with Crippen molar-refractivity contribution in [2.24, 2.45) is 0 Å². The SMILES string of the molecule is COc1ccccc1[C@@H](CC(=O)Nc1nccs1)c1ccco1. The Kier molecular flexibility index (Phi) is 4.73. The Labute approximate surface area is 137 Å². The Morgan fingerprint density at radius 3 is 2.91 bits per heavy atom. The molecule has 2 aromatic heterocycles. The molecule has 0 aliphatic heterocycles. The maximum atomic E-state index is 12.4. The van der Waals surface area contributed by atoms with Gasteiger partial charge in [0.2, 0.25) is 5.91 Å². The molecule has 1 atom stereocenters. The summed E-state index contributed by atoms with van der Waals surface area (Å²) in [5.41, 5.74) is 0.916. The fraction of sp³-hybridized carbons (Fsp3) is 0.176. The van der Waals surface area contributed by atoms with Crippen LogP contribution in [0.3, 0.4) is 0 Å². The van der Waals surface area contributed by atoms with Gasteiger partial charge in [-0.25, -0.2) is 4.98 Å². The molecule has 0 aliphatic carbocycles. The van der Waals surface area contributed by atoms with Gasteiger partial charge in [0.05, 0.1) is 19.3 Å². The highest BCUT2D eigenvalue weighted by Gasteiger charge is 2.24. The Bertz CT molecular complexity index is 754. The second-order valence-corrected chi connectivity index (χ2v) is 5.79. The van der Waals surface area contributed by atoms with Crippen molar-refractivity contribution < 1.29 is 13.9 Å². The van der Waals surface area contributed by atoms with Gasteiger partial charge in [0.1, 0.15) is 11.5 Å². The summed E-state index contributed by atoms with van der Waals surface area (Å²) in [6.45, 7) is 0. The third kappa shape index (κ3) is 3.60. The highest BCUT2D eigenvalue weighted by molar-refractivity contribution is 7.13. The molecule has 0 spiro atoms. The summed E-state index contributed by atoms with van der Waals surface area (Å²) in [7, 11) is 1.62. The lowest BCUT2D eigenvalue weighted by atomic mass is 9.92. The zero-order valence-corrected chi connectivity index (χ0v) is 13.4. The molecule has 6 heteroatoms. The Morgan fingerprint density at radius 2 is 2.22 bits per heavy atom. The molecule has 2 heterocycles. The van der Waals surface area contributed by atoms with Crippen molar-refractivity contribution >= 4 is 22.4 Å². The molecule has 1 N–H and O–H groups in total. The van der Waals surface area contributed by atoms with Crippen LogP contribution in [0.15, 0.2) is 58.7 Å². The quantitative estimate of drug-likeness (QED) is 0.745. The third-order valence-electron chi connectivity index (χ3n) is 3.47. The molecule has 3 rings (SSSR count). The van der Waals surface area contributed by atoms with E-state index in [-0.39, 0.29) is 18.2 Å². The Morgan fingerprint density at radius 1 is 1.35 bits per heavy atom. The number of amides is 1. The van der Waals surface area contributed by atoms with Gasteiger partial charge < -0.3 is 14.5 Å². The molecule has 1 aromatic carbocycles. The highest BCUT2D eigenvalue weighted by atomic mass is 32.1. The van der Waals surface area contributed by atoms with Gasteiger partial charge in [-0.2, -0.15) is 0 Å². The van der Waals surface area contributed by atoms with E-state index >= 15 is 0 Å². The molecule has 118 valence electrons. The summed E-state index contributed by atoms with van der Waals surface area (Å²) in [5.74, 6) is 1.12. The van der Waals surface area contributed by atoms with Crippen molar-refractivity contribution in [3.05, 3.63) is 65.6 Å². The number of benzene rings is 1. The van der Waals surface area contributed by atoms with Crippen LogP contribution < -0.4 is 10.1 Å². The third-order valence-corrected chi connectivity index (χ3v) is 4.16. The molecule has 0 bridgehead atoms. The highest BCUT2D eigenvalue weighted by Crippen LogP contribution is 2.34. The standard InChI is InChI=1S/C17H16N2O3S/c1-21-14-6-3-2-5-12(14)13(15-7-4-9-22-15)11-16(20)19-17-18-8-10-23-17/h2-10,13H,11H2,1H3,(H,18,19,20)/t13-/m1/s1. The number of nitrogens with one attached hydrogen (secondary N) is 1. The van der Waals surface area contributed by atoms with Crippen molar-refractivity contribution in [1.29, 1.82) is 0 Å². The lowest BCUT2D eigenvalue weighted by Gasteiger charge is -2.17. The monoisotopic (exact) mass is 328 g/mol. The summed E-state index contributed by atoms with van der Waals surface area (Å²) in [4.78, 5) is 16.4. The normalized spacial score (nSPS) is 11.9. The summed E-state index contributed by atoms with van der Waals surface area (Å²) < 4.78 is 11.0. The van der Waals surface area contributed by atoms with Crippen LogP contribution in [0.2, 0.25) is 0 Å². The predicted octanol–water partition coefficient (Wildman–Crippen LogP) is 3.91. The molecule has 1 amide bonds. The molecular formula is C17H16N2O3S. The summed E-state index contributed by atoms with van der Waals surface area (Å²) in [6, 6.07) is 11.3. The van der Waals surface area contributed by atoms with Crippen LogP contribution in [-0.4, -0.2) is 18.0 Å². The second kappa shape index (κ2) is 7.11. The average Bonchev–Trinajstić information content (AvgIpc) is 3.26. The number of nitrogens with zero attached hydrogens (tertiary/aromatic N) is 1. The minimum Gasteiger partial charge on any atom is -0.496 e. The molecular weight excluding hydrogens is 312 g/mol. The minimum absolute atomic E-state index is 0.118. The van der Waals surface area contributed by atoms with E-state index in [0.717, 1.165) is 17.1 Å². The number of hydrogen-bond donors (Lipinski definition) is 1. The fourth-order valence-corrected chi connectivity index (χ4v) is 2.99. The maximum absolute atomic E-state index is 12.4. The van der Waals surface area contributed by atoms with Crippen LogP contribution >= 0.6 is 11.3 Å². The molecule has 0 saturated heterocycles. The van der Waals surface area contributed by atoms with Gasteiger partial charge in [-0.3, -0.25) is 4.79 Å². The minimum atomic E-state index is -0.221. The van der Waals surface area contributed by atoms with Crippen LogP contribution in [0.25, 0.3) is 0 Å². The fourth-order valence-electron chi connectivity index (χ4n) is 2.45. The number of methoxy groups -OCH3 is 1. The lowest BCUT2D eigenvalue weighted by Crippen LogP contribution is -2.16. The number of hydrogen-bond acceptors (Lipinski definition) is 5. The number of furan rings is 1. The topological polar surface area (TPSA) is 64.4 Å². The van der Waals surface area contributed by atoms with Crippen molar-refractivity contribution in [1.82, 2.24) is 4.98 Å². The largest absolute Gasteiger partial charge is 0.496 e. The zero-order chi connectivity index (χ0) is 16.1. The van der Waals surface area contributed by atoms with E-state index in [0.29, 0.717) is 5.13 Å². The molecule has 0 aliphatic rings. The summed E-state index contributed by atoms with van der Waals surface area (Å²) >= 11 is 1.39. The number of carbonyl (C=O) groups is 1. The van der Waals surface area contributed by atoms with Gasteiger partial charge in [-0.05, 0) is 18.2 Å². The number of ether oxygens (including phenoxy) is 1. The van der Waals surface area contributed by atoms with E-state index in [2.05, 4.69) is 10.3 Å². The summed E-state index contributed by atoms with van der Waals surface area (Å²) in [6.07, 6.45) is 3.51. The van der Waals surface area contributed by atoms with E-state index in [1.165, 1.54) is 11.3 Å².